The molecule has 1 aliphatic heterocycles. The van der Waals surface area contributed by atoms with Crippen molar-refractivity contribution in [3.63, 3.8) is 0 Å². The number of nitrogens with zero attached hydrogens (tertiary/aromatic N) is 2. The molecule has 0 aromatic heterocycles. The Labute approximate surface area is 128 Å². The van der Waals surface area contributed by atoms with Gasteiger partial charge in [-0.2, -0.15) is 0 Å². The average molecular weight is 292 g/mol. The van der Waals surface area contributed by atoms with E-state index in [1.54, 1.807) is 0 Å². The van der Waals surface area contributed by atoms with Gasteiger partial charge >= 0.3 is 5.97 Å². The predicted octanol–water partition coefficient (Wildman–Crippen LogP) is 2.71. The van der Waals surface area contributed by atoms with Crippen LogP contribution in [0.1, 0.15) is 26.3 Å². The molecule has 0 bridgehead atoms. The monoisotopic (exact) mass is 292 g/mol. The normalized spacial score (nSPS) is 15.1. The Kier molecular flexibility index (Phi) is 7.83. The van der Waals surface area contributed by atoms with Crippen LogP contribution >= 0.6 is 0 Å². The van der Waals surface area contributed by atoms with Gasteiger partial charge in [0.1, 0.15) is 0 Å². The van der Waals surface area contributed by atoms with Crippen LogP contribution in [0, 0.1) is 6.92 Å². The standard InChI is InChI=1S/C15H22N2O2.C2H6/c1-3-19-15(18)12-16-8-10-17(11-9-16)14-6-4-13(2)5-7-14;1-2/h4-7H,3,8-12H2,1-2H3;1-2H3. The number of ether oxygens (including phenoxy) is 1. The molecule has 1 aromatic rings. The van der Waals surface area contributed by atoms with Gasteiger partial charge < -0.3 is 9.64 Å². The molecule has 21 heavy (non-hydrogen) atoms. The molecule has 0 spiro atoms. The number of carbonyl (C=O) groups excluding carboxylic acids is 1. The summed E-state index contributed by atoms with van der Waals surface area (Å²) in [7, 11) is 0. The molecular weight excluding hydrogens is 264 g/mol. The topological polar surface area (TPSA) is 32.8 Å². The molecule has 4 nitrogen and oxygen atoms in total. The first-order chi connectivity index (χ1) is 10.2. The summed E-state index contributed by atoms with van der Waals surface area (Å²) in [4.78, 5) is 15.9. The first-order valence-electron chi connectivity index (χ1n) is 7.88. The second-order valence-corrected chi connectivity index (χ2v) is 4.90. The lowest BCUT2D eigenvalue weighted by atomic mass is 10.2. The summed E-state index contributed by atoms with van der Waals surface area (Å²) in [5.41, 5.74) is 2.55. The SMILES string of the molecule is CC.CCOC(=O)CN1CCN(c2ccc(C)cc2)CC1. The van der Waals surface area contributed by atoms with Crippen LogP contribution in [0.4, 0.5) is 5.69 Å². The van der Waals surface area contributed by atoms with Crippen molar-refractivity contribution >= 4 is 11.7 Å². The van der Waals surface area contributed by atoms with Gasteiger partial charge in [0.15, 0.2) is 0 Å². The lowest BCUT2D eigenvalue weighted by Gasteiger charge is -2.35. The third kappa shape index (κ3) is 5.76. The van der Waals surface area contributed by atoms with E-state index in [4.69, 9.17) is 4.74 Å². The minimum Gasteiger partial charge on any atom is -0.465 e. The number of rotatable bonds is 4. The molecule has 1 fully saturated rings. The number of hydrogen-bond acceptors (Lipinski definition) is 4. The molecule has 1 heterocycles. The van der Waals surface area contributed by atoms with Crippen molar-refractivity contribution in [2.45, 2.75) is 27.7 Å². The molecule has 0 amide bonds. The molecule has 0 N–H and O–H groups in total. The Morgan fingerprint density at radius 1 is 1.10 bits per heavy atom. The Balaban J connectivity index is 0.00000106. The Morgan fingerprint density at radius 3 is 2.19 bits per heavy atom. The number of hydrogen-bond donors (Lipinski definition) is 0. The molecule has 2 rings (SSSR count). The first kappa shape index (κ1) is 17.5. The molecule has 1 saturated heterocycles. The number of carbonyl (C=O) groups is 1. The van der Waals surface area contributed by atoms with Crippen LogP contribution in [0.3, 0.4) is 0 Å². The fourth-order valence-corrected chi connectivity index (χ4v) is 2.31. The average Bonchev–Trinajstić information content (AvgIpc) is 2.51. The quantitative estimate of drug-likeness (QED) is 0.799. The molecule has 1 aromatic carbocycles. The summed E-state index contributed by atoms with van der Waals surface area (Å²) in [5, 5.41) is 0. The van der Waals surface area contributed by atoms with Gasteiger partial charge in [-0.1, -0.05) is 31.5 Å². The van der Waals surface area contributed by atoms with E-state index < -0.39 is 0 Å². The van der Waals surface area contributed by atoms with E-state index in [2.05, 4.69) is 41.0 Å². The maximum Gasteiger partial charge on any atom is 0.320 e. The van der Waals surface area contributed by atoms with Crippen LogP contribution in [-0.4, -0.2) is 50.2 Å². The lowest BCUT2D eigenvalue weighted by Crippen LogP contribution is -2.48. The number of anilines is 1. The lowest BCUT2D eigenvalue weighted by molar-refractivity contribution is -0.144. The third-order valence-electron chi connectivity index (χ3n) is 3.43. The minimum atomic E-state index is -0.119. The molecule has 118 valence electrons. The van der Waals surface area contributed by atoms with Crippen molar-refractivity contribution < 1.29 is 9.53 Å². The zero-order chi connectivity index (χ0) is 15.7. The van der Waals surface area contributed by atoms with Gasteiger partial charge in [-0.3, -0.25) is 9.69 Å². The van der Waals surface area contributed by atoms with E-state index in [-0.39, 0.29) is 5.97 Å². The van der Waals surface area contributed by atoms with E-state index in [0.717, 1.165) is 26.2 Å². The maximum absolute atomic E-state index is 11.4. The molecule has 0 atom stereocenters. The zero-order valence-corrected chi connectivity index (χ0v) is 13.8. The van der Waals surface area contributed by atoms with E-state index >= 15 is 0 Å². The number of esters is 1. The summed E-state index contributed by atoms with van der Waals surface area (Å²) in [6, 6.07) is 8.60. The maximum atomic E-state index is 11.4. The highest BCUT2D eigenvalue weighted by molar-refractivity contribution is 5.71. The van der Waals surface area contributed by atoms with Crippen molar-refractivity contribution in [3.8, 4) is 0 Å². The van der Waals surface area contributed by atoms with Crippen LogP contribution in [0.2, 0.25) is 0 Å². The van der Waals surface area contributed by atoms with Crippen molar-refractivity contribution in [3.05, 3.63) is 29.8 Å². The second-order valence-electron chi connectivity index (χ2n) is 4.90. The summed E-state index contributed by atoms with van der Waals surface area (Å²) < 4.78 is 4.98. The van der Waals surface area contributed by atoms with Crippen LogP contribution in [0.25, 0.3) is 0 Å². The Hall–Kier alpha value is -1.55. The van der Waals surface area contributed by atoms with Gasteiger partial charge in [-0.25, -0.2) is 0 Å². The Bertz CT molecular complexity index is 409. The van der Waals surface area contributed by atoms with Crippen molar-refractivity contribution in [2.75, 3.05) is 44.2 Å². The highest BCUT2D eigenvalue weighted by Gasteiger charge is 2.19. The first-order valence-corrected chi connectivity index (χ1v) is 7.88. The van der Waals surface area contributed by atoms with Crippen LogP contribution in [0.5, 0.6) is 0 Å². The summed E-state index contributed by atoms with van der Waals surface area (Å²) >= 11 is 0. The highest BCUT2D eigenvalue weighted by Crippen LogP contribution is 2.16. The molecule has 0 radical (unpaired) electrons. The molecule has 4 heteroatoms. The van der Waals surface area contributed by atoms with E-state index in [1.807, 2.05) is 20.8 Å². The number of aryl methyl sites for hydroxylation is 1. The van der Waals surface area contributed by atoms with Crippen LogP contribution < -0.4 is 4.90 Å². The van der Waals surface area contributed by atoms with Gasteiger partial charge in [0.05, 0.1) is 13.2 Å². The van der Waals surface area contributed by atoms with E-state index in [1.165, 1.54) is 11.3 Å². The predicted molar refractivity (Wildman–Crippen MR) is 87.8 cm³/mol. The second kappa shape index (κ2) is 9.40. The van der Waals surface area contributed by atoms with E-state index in [0.29, 0.717) is 13.2 Å². The summed E-state index contributed by atoms with van der Waals surface area (Å²) in [5.74, 6) is -0.119. The highest BCUT2D eigenvalue weighted by atomic mass is 16.5. The van der Waals surface area contributed by atoms with E-state index in [9.17, 15) is 4.79 Å². The molecular formula is C17H28N2O2. The van der Waals surface area contributed by atoms with Gasteiger partial charge in [-0.15, -0.1) is 0 Å². The van der Waals surface area contributed by atoms with Crippen LogP contribution in [-0.2, 0) is 9.53 Å². The largest absolute Gasteiger partial charge is 0.465 e. The van der Waals surface area contributed by atoms with Crippen LogP contribution in [0.15, 0.2) is 24.3 Å². The van der Waals surface area contributed by atoms with Crippen molar-refractivity contribution in [2.24, 2.45) is 0 Å². The minimum absolute atomic E-state index is 0.119. The zero-order valence-electron chi connectivity index (χ0n) is 13.8. The fraction of sp³-hybridized carbons (Fsp3) is 0.588. The number of benzene rings is 1. The van der Waals surface area contributed by atoms with Gasteiger partial charge in [0.2, 0.25) is 0 Å². The molecule has 0 aliphatic carbocycles. The molecule has 1 aliphatic rings. The Morgan fingerprint density at radius 2 is 1.67 bits per heavy atom. The third-order valence-corrected chi connectivity index (χ3v) is 3.43. The van der Waals surface area contributed by atoms with Gasteiger partial charge in [-0.05, 0) is 26.0 Å². The van der Waals surface area contributed by atoms with Crippen molar-refractivity contribution in [1.29, 1.82) is 0 Å². The summed E-state index contributed by atoms with van der Waals surface area (Å²) in [6.45, 7) is 12.6. The molecule has 0 saturated carbocycles. The number of piperazine rings is 1. The smallest absolute Gasteiger partial charge is 0.320 e. The summed E-state index contributed by atoms with van der Waals surface area (Å²) in [6.07, 6.45) is 0. The molecule has 0 unspecified atom stereocenters. The van der Waals surface area contributed by atoms with Crippen molar-refractivity contribution in [1.82, 2.24) is 4.90 Å². The van der Waals surface area contributed by atoms with Gasteiger partial charge in [0.25, 0.3) is 0 Å². The fourth-order valence-electron chi connectivity index (χ4n) is 2.31. The van der Waals surface area contributed by atoms with Gasteiger partial charge in [0, 0.05) is 31.9 Å².